The van der Waals surface area contributed by atoms with Crippen molar-refractivity contribution in [3.63, 3.8) is 0 Å². The number of rotatable bonds is 2. The second-order valence-electron chi connectivity index (χ2n) is 6.78. The number of anilines is 2. The van der Waals surface area contributed by atoms with Crippen LogP contribution in [0.5, 0.6) is 0 Å². The molecule has 0 unspecified atom stereocenters. The minimum Gasteiger partial charge on any atom is -0.361 e. The van der Waals surface area contributed by atoms with Gasteiger partial charge in [-0.3, -0.25) is 4.90 Å². The third-order valence-electron chi connectivity index (χ3n) is 5.09. The molecule has 2 aliphatic rings. The van der Waals surface area contributed by atoms with E-state index in [0.717, 1.165) is 42.4 Å². The van der Waals surface area contributed by atoms with Crippen LogP contribution in [0.3, 0.4) is 0 Å². The molecule has 2 aliphatic heterocycles. The first-order valence-electron chi connectivity index (χ1n) is 8.24. The third kappa shape index (κ3) is 2.44. The monoisotopic (exact) mass is 334 g/mol. The Bertz CT molecular complexity index is 740. The highest BCUT2D eigenvalue weighted by atomic mass is 35.5. The molecule has 2 saturated heterocycles. The highest BCUT2D eigenvalue weighted by molar-refractivity contribution is 6.30. The van der Waals surface area contributed by atoms with Crippen LogP contribution in [0.4, 0.5) is 11.8 Å². The molecule has 1 atom stereocenters. The summed E-state index contributed by atoms with van der Waals surface area (Å²) in [4.78, 5) is 16.4. The number of halogens is 1. The maximum Gasteiger partial charge on any atom is 0.206 e. The van der Waals surface area contributed by atoms with Gasteiger partial charge in [0.2, 0.25) is 5.95 Å². The van der Waals surface area contributed by atoms with Gasteiger partial charge >= 0.3 is 0 Å². The van der Waals surface area contributed by atoms with Gasteiger partial charge in [-0.05, 0) is 19.4 Å². The van der Waals surface area contributed by atoms with Crippen LogP contribution in [0.2, 0.25) is 5.15 Å². The normalized spacial score (nSPS) is 21.9. The lowest BCUT2D eigenvalue weighted by molar-refractivity contribution is 0.229. The van der Waals surface area contributed by atoms with E-state index in [9.17, 15) is 0 Å². The van der Waals surface area contributed by atoms with Crippen molar-refractivity contribution in [2.75, 3.05) is 50.1 Å². The zero-order valence-electron chi connectivity index (χ0n) is 14.0. The molecule has 0 saturated carbocycles. The minimum atomic E-state index is 0.511. The number of hydrogen-bond acceptors (Lipinski definition) is 5. The van der Waals surface area contributed by atoms with Crippen molar-refractivity contribution in [1.82, 2.24) is 19.4 Å². The molecule has 0 radical (unpaired) electrons. The molecule has 124 valence electrons. The van der Waals surface area contributed by atoms with Crippen molar-refractivity contribution in [2.24, 2.45) is 7.05 Å². The summed E-state index contributed by atoms with van der Waals surface area (Å²) in [6.07, 6.45) is 2.63. The molecular weight excluding hydrogens is 312 g/mol. The van der Waals surface area contributed by atoms with E-state index < -0.39 is 0 Å². The Balaban J connectivity index is 1.76. The van der Waals surface area contributed by atoms with E-state index in [-0.39, 0.29) is 0 Å². The topological polar surface area (TPSA) is 40.4 Å². The Labute approximate surface area is 141 Å². The quantitative estimate of drug-likeness (QED) is 0.785. The maximum atomic E-state index is 6.21. The lowest BCUT2D eigenvalue weighted by Gasteiger charge is -2.37. The maximum absolute atomic E-state index is 6.21. The largest absolute Gasteiger partial charge is 0.361 e. The van der Waals surface area contributed by atoms with Gasteiger partial charge in [-0.25, -0.2) is 9.97 Å². The molecular formula is C16H23ClN6. The lowest BCUT2D eigenvalue weighted by Crippen LogP contribution is -2.50. The number of fused-ring (bicyclic) bond motifs is 2. The van der Waals surface area contributed by atoms with E-state index in [4.69, 9.17) is 16.6 Å². The SMILES string of the molecule is CN(C)c1nc(Cl)cc2c1nc(N1CCN3CCC[C@@H]3C1)n2C. The van der Waals surface area contributed by atoms with E-state index in [2.05, 4.69) is 26.4 Å². The number of aromatic nitrogens is 3. The van der Waals surface area contributed by atoms with E-state index in [1.807, 2.05) is 25.1 Å². The first kappa shape index (κ1) is 15.0. The van der Waals surface area contributed by atoms with Crippen LogP contribution in [0, 0.1) is 0 Å². The summed E-state index contributed by atoms with van der Waals surface area (Å²) in [6.45, 7) is 4.49. The molecule has 2 fully saturated rings. The number of pyridine rings is 1. The first-order valence-corrected chi connectivity index (χ1v) is 8.61. The van der Waals surface area contributed by atoms with Crippen molar-refractivity contribution in [2.45, 2.75) is 18.9 Å². The predicted molar refractivity (Wildman–Crippen MR) is 94.7 cm³/mol. The molecule has 0 amide bonds. The molecule has 0 spiro atoms. The zero-order valence-corrected chi connectivity index (χ0v) is 14.7. The van der Waals surface area contributed by atoms with Crippen molar-refractivity contribution >= 4 is 34.4 Å². The van der Waals surface area contributed by atoms with Crippen molar-refractivity contribution in [3.05, 3.63) is 11.2 Å². The van der Waals surface area contributed by atoms with Crippen LogP contribution >= 0.6 is 11.6 Å². The number of imidazole rings is 1. The molecule has 23 heavy (non-hydrogen) atoms. The number of aryl methyl sites for hydroxylation is 1. The predicted octanol–water partition coefficient (Wildman–Crippen LogP) is 1.97. The second kappa shape index (κ2) is 5.53. The number of piperazine rings is 1. The van der Waals surface area contributed by atoms with Gasteiger partial charge in [-0.1, -0.05) is 11.6 Å². The van der Waals surface area contributed by atoms with Crippen LogP contribution in [-0.4, -0.2) is 65.8 Å². The van der Waals surface area contributed by atoms with Gasteiger partial charge in [0.25, 0.3) is 0 Å². The summed E-state index contributed by atoms with van der Waals surface area (Å²) in [5.41, 5.74) is 1.96. The van der Waals surface area contributed by atoms with Crippen LogP contribution < -0.4 is 9.80 Å². The van der Waals surface area contributed by atoms with Crippen LogP contribution in [0.1, 0.15) is 12.8 Å². The molecule has 6 nitrogen and oxygen atoms in total. The van der Waals surface area contributed by atoms with Crippen LogP contribution in [-0.2, 0) is 7.05 Å². The summed E-state index contributed by atoms with van der Waals surface area (Å²) >= 11 is 6.21. The smallest absolute Gasteiger partial charge is 0.206 e. The summed E-state index contributed by atoms with van der Waals surface area (Å²) < 4.78 is 2.15. The van der Waals surface area contributed by atoms with Crippen molar-refractivity contribution < 1.29 is 0 Å². The first-order chi connectivity index (χ1) is 11.0. The molecule has 0 N–H and O–H groups in total. The van der Waals surface area contributed by atoms with Gasteiger partial charge in [0.05, 0.1) is 5.52 Å². The van der Waals surface area contributed by atoms with E-state index >= 15 is 0 Å². The fourth-order valence-electron chi connectivity index (χ4n) is 3.90. The molecule has 2 aromatic heterocycles. The minimum absolute atomic E-state index is 0.511. The Kier molecular flexibility index (Phi) is 3.61. The van der Waals surface area contributed by atoms with Crippen LogP contribution in [0.15, 0.2) is 6.07 Å². The van der Waals surface area contributed by atoms with E-state index in [1.54, 1.807) is 0 Å². The summed E-state index contributed by atoms with van der Waals surface area (Å²) in [6, 6.07) is 2.59. The fourth-order valence-corrected chi connectivity index (χ4v) is 4.08. The molecule has 0 aliphatic carbocycles. The zero-order chi connectivity index (χ0) is 16.1. The Morgan fingerprint density at radius 2 is 2.04 bits per heavy atom. The average Bonchev–Trinajstić information content (AvgIpc) is 3.11. The molecule has 4 rings (SSSR count). The Hall–Kier alpha value is -1.53. The van der Waals surface area contributed by atoms with Gasteiger partial charge in [-0.2, -0.15) is 0 Å². The van der Waals surface area contributed by atoms with Gasteiger partial charge < -0.3 is 14.4 Å². The van der Waals surface area contributed by atoms with Gasteiger partial charge in [0, 0.05) is 52.9 Å². The van der Waals surface area contributed by atoms with Gasteiger partial charge in [0.1, 0.15) is 10.7 Å². The Morgan fingerprint density at radius 3 is 2.83 bits per heavy atom. The van der Waals surface area contributed by atoms with E-state index in [1.165, 1.54) is 19.4 Å². The summed E-state index contributed by atoms with van der Waals surface area (Å²) in [7, 11) is 6.02. The van der Waals surface area contributed by atoms with Gasteiger partial charge in [-0.15, -0.1) is 0 Å². The number of hydrogen-bond donors (Lipinski definition) is 0. The molecule has 2 aromatic rings. The fraction of sp³-hybridized carbons (Fsp3) is 0.625. The highest BCUT2D eigenvalue weighted by Gasteiger charge is 2.32. The lowest BCUT2D eigenvalue weighted by atomic mass is 10.2. The van der Waals surface area contributed by atoms with Crippen molar-refractivity contribution in [1.29, 1.82) is 0 Å². The molecule has 7 heteroatoms. The summed E-state index contributed by atoms with van der Waals surface area (Å²) in [5, 5.41) is 0.511. The molecule has 0 bridgehead atoms. The molecule has 4 heterocycles. The van der Waals surface area contributed by atoms with Crippen molar-refractivity contribution in [3.8, 4) is 0 Å². The standard InChI is InChI=1S/C16H23ClN6/c1-20(2)15-14-12(9-13(17)18-15)21(3)16(19-14)23-8-7-22-6-4-5-11(22)10-23/h9,11H,4-8,10H2,1-3H3/t11-/m1/s1. The van der Waals surface area contributed by atoms with Crippen LogP contribution in [0.25, 0.3) is 11.0 Å². The van der Waals surface area contributed by atoms with Gasteiger partial charge in [0.15, 0.2) is 5.82 Å². The second-order valence-corrected chi connectivity index (χ2v) is 7.17. The average molecular weight is 335 g/mol. The number of nitrogens with zero attached hydrogens (tertiary/aromatic N) is 6. The highest BCUT2D eigenvalue weighted by Crippen LogP contribution is 2.31. The molecule has 0 aromatic carbocycles. The Morgan fingerprint density at radius 1 is 1.22 bits per heavy atom. The van der Waals surface area contributed by atoms with E-state index in [0.29, 0.717) is 11.2 Å². The summed E-state index contributed by atoms with van der Waals surface area (Å²) in [5.74, 6) is 1.85. The third-order valence-corrected chi connectivity index (χ3v) is 5.28.